The van der Waals surface area contributed by atoms with Crippen molar-refractivity contribution in [3.63, 3.8) is 0 Å². The Kier molecular flexibility index (Phi) is 5.91. The SMILES string of the molecule is CO[SiH](OC)OCC(C)C. The van der Waals surface area contributed by atoms with Crippen LogP contribution < -0.4 is 0 Å². The van der Waals surface area contributed by atoms with Gasteiger partial charge < -0.3 is 13.3 Å². The summed E-state index contributed by atoms with van der Waals surface area (Å²) in [6, 6.07) is 0. The Bertz CT molecular complexity index is 73.4. The van der Waals surface area contributed by atoms with Gasteiger partial charge in [-0.3, -0.25) is 0 Å². The molecule has 0 bridgehead atoms. The first-order chi connectivity index (χ1) is 4.70. The van der Waals surface area contributed by atoms with Gasteiger partial charge in [0.2, 0.25) is 0 Å². The van der Waals surface area contributed by atoms with E-state index in [2.05, 4.69) is 13.8 Å². The first kappa shape index (κ1) is 10.1. The fraction of sp³-hybridized carbons (Fsp3) is 1.00. The van der Waals surface area contributed by atoms with E-state index in [-0.39, 0.29) is 0 Å². The first-order valence-corrected chi connectivity index (χ1v) is 4.79. The molecule has 0 N–H and O–H groups in total. The quantitative estimate of drug-likeness (QED) is 0.559. The molecule has 0 amide bonds. The number of hydrogen-bond acceptors (Lipinski definition) is 3. The summed E-state index contributed by atoms with van der Waals surface area (Å²) in [6.45, 7) is 4.91. The molecular formula is C6H16O3Si. The van der Waals surface area contributed by atoms with Gasteiger partial charge in [-0.25, -0.2) is 0 Å². The summed E-state index contributed by atoms with van der Waals surface area (Å²) >= 11 is 0. The van der Waals surface area contributed by atoms with Crippen LogP contribution in [0.25, 0.3) is 0 Å². The van der Waals surface area contributed by atoms with Crippen LogP contribution >= 0.6 is 0 Å². The predicted octanol–water partition coefficient (Wildman–Crippen LogP) is 0.669. The van der Waals surface area contributed by atoms with E-state index in [1.807, 2.05) is 0 Å². The fourth-order valence-electron chi connectivity index (χ4n) is 0.503. The van der Waals surface area contributed by atoms with Gasteiger partial charge in [0.25, 0.3) is 0 Å². The average molecular weight is 164 g/mol. The monoisotopic (exact) mass is 164 g/mol. The van der Waals surface area contributed by atoms with Crippen LogP contribution in [0.2, 0.25) is 0 Å². The molecular weight excluding hydrogens is 148 g/mol. The number of rotatable bonds is 5. The molecule has 0 aliphatic heterocycles. The standard InChI is InChI=1S/C6H16O3Si/c1-6(2)5-9-10(7-3)8-4/h6,10H,5H2,1-4H3. The van der Waals surface area contributed by atoms with Gasteiger partial charge >= 0.3 is 9.53 Å². The Morgan fingerprint density at radius 2 is 1.70 bits per heavy atom. The average Bonchev–Trinajstić information content (AvgIpc) is 1.90. The smallest absolute Gasteiger partial charge is 0.379 e. The molecule has 10 heavy (non-hydrogen) atoms. The molecule has 0 unspecified atom stereocenters. The zero-order chi connectivity index (χ0) is 7.98. The Morgan fingerprint density at radius 1 is 1.20 bits per heavy atom. The van der Waals surface area contributed by atoms with Crippen molar-refractivity contribution in [2.75, 3.05) is 20.8 Å². The minimum Gasteiger partial charge on any atom is -0.379 e. The highest BCUT2D eigenvalue weighted by molar-refractivity contribution is 6.36. The van der Waals surface area contributed by atoms with Crippen LogP contribution in [0.4, 0.5) is 0 Å². The largest absolute Gasteiger partial charge is 0.483 e. The molecule has 3 nitrogen and oxygen atoms in total. The van der Waals surface area contributed by atoms with Crippen LogP contribution in [-0.4, -0.2) is 30.4 Å². The molecule has 0 saturated carbocycles. The van der Waals surface area contributed by atoms with Gasteiger partial charge in [-0.2, -0.15) is 0 Å². The van der Waals surface area contributed by atoms with Gasteiger partial charge in [-0.05, 0) is 5.92 Å². The van der Waals surface area contributed by atoms with E-state index in [1.165, 1.54) is 0 Å². The van der Waals surface area contributed by atoms with Crippen molar-refractivity contribution in [2.45, 2.75) is 13.8 Å². The highest BCUT2D eigenvalue weighted by atomic mass is 28.3. The van der Waals surface area contributed by atoms with Gasteiger partial charge in [0, 0.05) is 20.8 Å². The summed E-state index contributed by atoms with van der Waals surface area (Å²) in [5.74, 6) is 0.542. The van der Waals surface area contributed by atoms with E-state index < -0.39 is 9.53 Å². The molecule has 0 heterocycles. The third-order valence-corrected chi connectivity index (χ3v) is 2.18. The van der Waals surface area contributed by atoms with Crippen molar-refractivity contribution >= 4 is 9.53 Å². The molecule has 0 aromatic carbocycles. The second-order valence-electron chi connectivity index (χ2n) is 2.49. The maximum absolute atomic E-state index is 5.30. The fourth-order valence-corrected chi connectivity index (χ4v) is 1.51. The van der Waals surface area contributed by atoms with Crippen LogP contribution in [0, 0.1) is 5.92 Å². The van der Waals surface area contributed by atoms with Crippen LogP contribution in [-0.2, 0) is 13.3 Å². The highest BCUT2D eigenvalue weighted by Crippen LogP contribution is 1.95. The van der Waals surface area contributed by atoms with E-state index in [0.717, 1.165) is 6.61 Å². The summed E-state index contributed by atoms with van der Waals surface area (Å²) in [5, 5.41) is 0. The van der Waals surface area contributed by atoms with Gasteiger partial charge in [-0.15, -0.1) is 0 Å². The van der Waals surface area contributed by atoms with Crippen molar-refractivity contribution in [3.05, 3.63) is 0 Å². The predicted molar refractivity (Wildman–Crippen MR) is 42.0 cm³/mol. The summed E-state index contributed by atoms with van der Waals surface area (Å²) in [6.07, 6.45) is 0. The maximum atomic E-state index is 5.30. The minimum absolute atomic E-state index is 0.542. The molecule has 0 aromatic heterocycles. The van der Waals surface area contributed by atoms with Gasteiger partial charge in [0.1, 0.15) is 0 Å². The van der Waals surface area contributed by atoms with Crippen molar-refractivity contribution < 1.29 is 13.3 Å². The zero-order valence-corrected chi connectivity index (χ0v) is 8.24. The van der Waals surface area contributed by atoms with E-state index in [1.54, 1.807) is 14.2 Å². The lowest BCUT2D eigenvalue weighted by atomic mass is 10.2. The molecule has 0 fully saturated rings. The molecule has 62 valence electrons. The summed E-state index contributed by atoms with van der Waals surface area (Å²) in [5.41, 5.74) is 0. The third-order valence-electron chi connectivity index (χ3n) is 0.951. The van der Waals surface area contributed by atoms with Gasteiger partial charge in [0.05, 0.1) is 0 Å². The van der Waals surface area contributed by atoms with Crippen LogP contribution in [0.15, 0.2) is 0 Å². The normalized spacial score (nSPS) is 11.4. The lowest BCUT2D eigenvalue weighted by molar-refractivity contribution is 0.122. The summed E-state index contributed by atoms with van der Waals surface area (Å²) in [4.78, 5) is 0. The molecule has 0 rings (SSSR count). The zero-order valence-electron chi connectivity index (χ0n) is 7.09. The lowest BCUT2D eigenvalue weighted by Gasteiger charge is -2.12. The third kappa shape index (κ3) is 4.93. The van der Waals surface area contributed by atoms with E-state index >= 15 is 0 Å². The van der Waals surface area contributed by atoms with Crippen LogP contribution in [0.1, 0.15) is 13.8 Å². The van der Waals surface area contributed by atoms with Gasteiger partial charge in [0.15, 0.2) is 0 Å². The Hall–Kier alpha value is 0.0969. The summed E-state index contributed by atoms with van der Waals surface area (Å²) in [7, 11) is 1.48. The van der Waals surface area contributed by atoms with E-state index in [0.29, 0.717) is 5.92 Å². The molecule has 0 aromatic rings. The Balaban J connectivity index is 3.26. The molecule has 0 spiro atoms. The minimum atomic E-state index is -1.75. The maximum Gasteiger partial charge on any atom is 0.483 e. The lowest BCUT2D eigenvalue weighted by Crippen LogP contribution is -2.25. The Labute approximate surface area is 64.3 Å². The van der Waals surface area contributed by atoms with Gasteiger partial charge in [-0.1, -0.05) is 13.8 Å². The van der Waals surface area contributed by atoms with Crippen molar-refractivity contribution in [2.24, 2.45) is 5.92 Å². The number of hydrogen-bond donors (Lipinski definition) is 0. The summed E-state index contributed by atoms with van der Waals surface area (Å²) < 4.78 is 15.2. The van der Waals surface area contributed by atoms with E-state index in [9.17, 15) is 0 Å². The molecule has 0 aliphatic carbocycles. The van der Waals surface area contributed by atoms with E-state index in [4.69, 9.17) is 13.3 Å². The molecule has 4 heteroatoms. The topological polar surface area (TPSA) is 27.7 Å². The first-order valence-electron chi connectivity index (χ1n) is 3.38. The van der Waals surface area contributed by atoms with Crippen LogP contribution in [0.3, 0.4) is 0 Å². The van der Waals surface area contributed by atoms with Crippen molar-refractivity contribution in [3.8, 4) is 0 Å². The molecule has 0 radical (unpaired) electrons. The van der Waals surface area contributed by atoms with Crippen LogP contribution in [0.5, 0.6) is 0 Å². The molecule has 0 atom stereocenters. The van der Waals surface area contributed by atoms with Crippen molar-refractivity contribution in [1.29, 1.82) is 0 Å². The second kappa shape index (κ2) is 5.85. The molecule has 0 saturated heterocycles. The second-order valence-corrected chi connectivity index (χ2v) is 4.34. The highest BCUT2D eigenvalue weighted by Gasteiger charge is 2.10. The Morgan fingerprint density at radius 3 is 2.00 bits per heavy atom. The molecule has 0 aliphatic rings. The van der Waals surface area contributed by atoms with Crippen molar-refractivity contribution in [1.82, 2.24) is 0 Å².